The molecule has 0 aliphatic rings. The first kappa shape index (κ1) is 12.7. The van der Waals surface area contributed by atoms with E-state index in [2.05, 4.69) is 37.4 Å². The number of rotatable bonds is 8. The lowest BCUT2D eigenvalue weighted by Gasteiger charge is -1.88. The van der Waals surface area contributed by atoms with Gasteiger partial charge >= 0.3 is 0 Å². The fourth-order valence-corrected chi connectivity index (χ4v) is 2.16. The summed E-state index contributed by atoms with van der Waals surface area (Å²) >= 11 is 0. The van der Waals surface area contributed by atoms with Crippen LogP contribution in [0.4, 0.5) is 0 Å². The van der Waals surface area contributed by atoms with Gasteiger partial charge in [0.1, 0.15) is 0 Å². The molecule has 0 fully saturated rings. The summed E-state index contributed by atoms with van der Waals surface area (Å²) in [5.41, 5.74) is 4.83. The van der Waals surface area contributed by atoms with Gasteiger partial charge in [-0.05, 0) is 12.8 Å². The minimum atomic E-state index is -0.00574. The quantitative estimate of drug-likeness (QED) is 0.411. The number of hydrogen-bond donors (Lipinski definition) is 0. The second kappa shape index (κ2) is 11.7. The summed E-state index contributed by atoms with van der Waals surface area (Å²) in [5, 5.41) is 0. The molecule has 0 unspecified atom stereocenters. The number of allylic oxidation sites excluding steroid dienone is 2. The highest BCUT2D eigenvalue weighted by Crippen LogP contribution is 1.95. The lowest BCUT2D eigenvalue weighted by molar-refractivity contribution is 0.815. The molecule has 0 N–H and O–H groups in total. The molecule has 0 aromatic carbocycles. The predicted molar refractivity (Wildman–Crippen MR) is 65.9 cm³/mol. The van der Waals surface area contributed by atoms with E-state index in [1.165, 1.54) is 38.5 Å². The van der Waals surface area contributed by atoms with E-state index >= 15 is 0 Å². The molecule has 0 heterocycles. The second-order valence-corrected chi connectivity index (χ2v) is 4.88. The summed E-state index contributed by atoms with van der Waals surface area (Å²) in [6.45, 7) is 4.49. The van der Waals surface area contributed by atoms with E-state index in [0.717, 1.165) is 0 Å². The Morgan fingerprint density at radius 2 is 1.31 bits per heavy atom. The molecule has 0 radical (unpaired) electrons. The molecule has 0 spiro atoms. The monoisotopic (exact) mass is 196 g/mol. The molecule has 0 aliphatic heterocycles. The Kier molecular flexibility index (Phi) is 11.4. The Morgan fingerprint density at radius 3 is 1.69 bits per heavy atom. The standard InChI is InChI=1S/C12H24Si/c1-3-5-7-9-11-13-12-10-8-6-4-2/h9-12H,3-8,13H2,1-2H3. The van der Waals surface area contributed by atoms with Gasteiger partial charge in [0.15, 0.2) is 0 Å². The maximum absolute atomic E-state index is 2.41. The summed E-state index contributed by atoms with van der Waals surface area (Å²) in [6.07, 6.45) is 12.6. The van der Waals surface area contributed by atoms with Gasteiger partial charge in [0.25, 0.3) is 0 Å². The molecular formula is C12H24Si. The van der Waals surface area contributed by atoms with Crippen molar-refractivity contribution in [2.45, 2.75) is 52.4 Å². The first-order chi connectivity index (χ1) is 6.41. The summed E-state index contributed by atoms with van der Waals surface area (Å²) in [7, 11) is -0.00574. The van der Waals surface area contributed by atoms with Crippen molar-refractivity contribution >= 4 is 9.52 Å². The van der Waals surface area contributed by atoms with E-state index in [9.17, 15) is 0 Å². The van der Waals surface area contributed by atoms with Gasteiger partial charge in [-0.3, -0.25) is 0 Å². The fraction of sp³-hybridized carbons (Fsp3) is 0.667. The molecular weight excluding hydrogens is 172 g/mol. The first-order valence-corrected chi connectivity index (χ1v) is 7.35. The third-order valence-electron chi connectivity index (χ3n) is 2.05. The van der Waals surface area contributed by atoms with Crippen LogP contribution in [0.5, 0.6) is 0 Å². The van der Waals surface area contributed by atoms with Gasteiger partial charge in [0.05, 0.1) is 9.52 Å². The van der Waals surface area contributed by atoms with Crippen LogP contribution in [-0.4, -0.2) is 9.52 Å². The molecule has 0 aromatic rings. The van der Waals surface area contributed by atoms with Gasteiger partial charge in [-0.25, -0.2) is 0 Å². The third-order valence-corrected chi connectivity index (χ3v) is 3.27. The lowest BCUT2D eigenvalue weighted by atomic mass is 10.2. The number of hydrogen-bond acceptors (Lipinski definition) is 0. The summed E-state index contributed by atoms with van der Waals surface area (Å²) < 4.78 is 0. The van der Waals surface area contributed by atoms with Crippen LogP contribution in [0.15, 0.2) is 23.6 Å². The Hall–Kier alpha value is -0.303. The molecule has 0 amide bonds. The molecule has 0 aromatic heterocycles. The Labute approximate surface area is 85.9 Å². The molecule has 0 rings (SSSR count). The molecule has 0 atom stereocenters. The van der Waals surface area contributed by atoms with E-state index < -0.39 is 0 Å². The molecule has 0 saturated carbocycles. The van der Waals surface area contributed by atoms with Crippen LogP contribution in [0.25, 0.3) is 0 Å². The largest absolute Gasteiger partial charge is 0.101 e. The van der Waals surface area contributed by atoms with Crippen LogP contribution in [-0.2, 0) is 0 Å². The molecule has 0 nitrogen and oxygen atoms in total. The smallest absolute Gasteiger partial charge is 0.0683 e. The van der Waals surface area contributed by atoms with Crippen LogP contribution in [0.2, 0.25) is 0 Å². The van der Waals surface area contributed by atoms with Crippen molar-refractivity contribution in [3.8, 4) is 0 Å². The van der Waals surface area contributed by atoms with Gasteiger partial charge in [0.2, 0.25) is 0 Å². The predicted octanol–water partition coefficient (Wildman–Crippen LogP) is 3.56. The van der Waals surface area contributed by atoms with E-state index in [-0.39, 0.29) is 9.52 Å². The highest BCUT2D eigenvalue weighted by Gasteiger charge is 1.79. The van der Waals surface area contributed by atoms with E-state index in [1.807, 2.05) is 0 Å². The Bertz CT molecular complexity index is 120. The van der Waals surface area contributed by atoms with Crippen LogP contribution >= 0.6 is 0 Å². The zero-order chi connectivity index (χ0) is 9.78. The van der Waals surface area contributed by atoms with Gasteiger partial charge in [-0.1, -0.05) is 51.7 Å². The van der Waals surface area contributed by atoms with Crippen LogP contribution in [0.3, 0.4) is 0 Å². The first-order valence-electron chi connectivity index (χ1n) is 5.71. The molecule has 76 valence electrons. The summed E-state index contributed by atoms with van der Waals surface area (Å²) in [6, 6.07) is 0. The minimum absolute atomic E-state index is 0.00574. The summed E-state index contributed by atoms with van der Waals surface area (Å²) in [5.74, 6) is 0. The van der Waals surface area contributed by atoms with E-state index in [4.69, 9.17) is 0 Å². The molecule has 0 bridgehead atoms. The minimum Gasteiger partial charge on any atom is -0.101 e. The zero-order valence-electron chi connectivity index (χ0n) is 9.26. The molecule has 1 heteroatoms. The highest BCUT2D eigenvalue weighted by atomic mass is 28.2. The maximum Gasteiger partial charge on any atom is 0.0683 e. The normalized spacial score (nSPS) is 12.8. The maximum atomic E-state index is 2.41. The van der Waals surface area contributed by atoms with E-state index in [1.54, 1.807) is 0 Å². The van der Waals surface area contributed by atoms with E-state index in [0.29, 0.717) is 0 Å². The average molecular weight is 196 g/mol. The van der Waals surface area contributed by atoms with Gasteiger partial charge in [-0.2, -0.15) is 0 Å². The molecule has 13 heavy (non-hydrogen) atoms. The Morgan fingerprint density at radius 1 is 0.846 bits per heavy atom. The topological polar surface area (TPSA) is 0 Å². The van der Waals surface area contributed by atoms with Gasteiger partial charge < -0.3 is 0 Å². The Balaban J connectivity index is 3.13. The van der Waals surface area contributed by atoms with Crippen molar-refractivity contribution in [1.82, 2.24) is 0 Å². The van der Waals surface area contributed by atoms with Crippen molar-refractivity contribution in [1.29, 1.82) is 0 Å². The lowest BCUT2D eigenvalue weighted by Crippen LogP contribution is -1.77. The van der Waals surface area contributed by atoms with Crippen molar-refractivity contribution in [2.75, 3.05) is 0 Å². The van der Waals surface area contributed by atoms with Crippen LogP contribution in [0.1, 0.15) is 52.4 Å². The molecule has 0 saturated heterocycles. The fourth-order valence-electron chi connectivity index (χ4n) is 1.15. The van der Waals surface area contributed by atoms with Crippen molar-refractivity contribution in [3.63, 3.8) is 0 Å². The zero-order valence-corrected chi connectivity index (χ0v) is 10.7. The highest BCUT2D eigenvalue weighted by molar-refractivity contribution is 6.48. The average Bonchev–Trinajstić information content (AvgIpc) is 2.16. The van der Waals surface area contributed by atoms with Crippen molar-refractivity contribution < 1.29 is 0 Å². The van der Waals surface area contributed by atoms with Gasteiger partial charge in [0, 0.05) is 0 Å². The molecule has 0 aliphatic carbocycles. The summed E-state index contributed by atoms with van der Waals surface area (Å²) in [4.78, 5) is 0. The van der Waals surface area contributed by atoms with Crippen molar-refractivity contribution in [2.24, 2.45) is 0 Å². The third kappa shape index (κ3) is 11.7. The SMILES string of the molecule is CCCCC=C[SiH2]C=CCCCC. The second-order valence-electron chi connectivity index (χ2n) is 3.46. The van der Waals surface area contributed by atoms with Crippen LogP contribution < -0.4 is 0 Å². The van der Waals surface area contributed by atoms with Gasteiger partial charge in [-0.15, -0.1) is 11.4 Å². The van der Waals surface area contributed by atoms with Crippen LogP contribution in [0, 0.1) is 0 Å². The number of unbranched alkanes of at least 4 members (excludes halogenated alkanes) is 4. The van der Waals surface area contributed by atoms with Crippen molar-refractivity contribution in [3.05, 3.63) is 23.6 Å².